The lowest BCUT2D eigenvalue weighted by Gasteiger charge is -2.10. The second-order valence-corrected chi connectivity index (χ2v) is 5.96. The molecule has 25 heavy (non-hydrogen) atoms. The Bertz CT molecular complexity index is 729. The first kappa shape index (κ1) is 18.5. The molecule has 7 nitrogen and oxygen atoms in total. The van der Waals surface area contributed by atoms with Gasteiger partial charge in [-0.25, -0.2) is 9.97 Å². The number of anilines is 2. The van der Waals surface area contributed by atoms with E-state index in [1.54, 1.807) is 18.2 Å². The Hall–Kier alpha value is -2.80. The predicted octanol–water partition coefficient (Wildman–Crippen LogP) is 2.10. The van der Waals surface area contributed by atoms with Crippen molar-refractivity contribution in [1.82, 2.24) is 20.2 Å². The molecule has 1 aromatic heterocycles. The molecule has 2 N–H and O–H groups in total. The third-order valence-electron chi connectivity index (χ3n) is 3.49. The van der Waals surface area contributed by atoms with Crippen molar-refractivity contribution in [3.63, 3.8) is 0 Å². The largest absolute Gasteiger partial charge is 0.351 e. The van der Waals surface area contributed by atoms with Crippen LogP contribution in [0.5, 0.6) is 0 Å². The van der Waals surface area contributed by atoms with Crippen molar-refractivity contribution in [2.45, 2.75) is 13.3 Å². The molecule has 0 aliphatic carbocycles. The molecule has 0 saturated carbocycles. The Balaban J connectivity index is 1.92. The number of carbonyl (C=O) groups excluding carboxylic acids is 2. The van der Waals surface area contributed by atoms with Crippen LogP contribution in [-0.4, -0.2) is 53.7 Å². The lowest BCUT2D eigenvalue weighted by atomic mass is 10.1. The van der Waals surface area contributed by atoms with Gasteiger partial charge >= 0.3 is 0 Å². The number of Topliss-reactive ketones (excluding diaryl/α,β-unsaturated/α-hetero) is 1. The number of carbonyl (C=O) groups is 2. The van der Waals surface area contributed by atoms with Gasteiger partial charge in [0.1, 0.15) is 11.5 Å². The molecule has 1 heterocycles. The molecule has 0 spiro atoms. The van der Waals surface area contributed by atoms with E-state index in [0.717, 1.165) is 18.7 Å². The molecule has 0 radical (unpaired) electrons. The summed E-state index contributed by atoms with van der Waals surface area (Å²) in [6.45, 7) is 3.02. The smallest absolute Gasteiger partial charge is 0.271 e. The number of rotatable bonds is 8. The highest BCUT2D eigenvalue weighted by Gasteiger charge is 2.08. The Kier molecular flexibility index (Phi) is 6.59. The van der Waals surface area contributed by atoms with Crippen LogP contribution in [0, 0.1) is 0 Å². The van der Waals surface area contributed by atoms with Gasteiger partial charge in [0.2, 0.25) is 0 Å². The molecule has 0 atom stereocenters. The Labute approximate surface area is 147 Å². The molecular weight excluding hydrogens is 318 g/mol. The summed E-state index contributed by atoms with van der Waals surface area (Å²) in [6, 6.07) is 7.12. The van der Waals surface area contributed by atoms with Gasteiger partial charge in [-0.3, -0.25) is 9.59 Å². The van der Waals surface area contributed by atoms with Crippen molar-refractivity contribution in [2.75, 3.05) is 32.5 Å². The third kappa shape index (κ3) is 5.96. The normalized spacial score (nSPS) is 10.6. The highest BCUT2D eigenvalue weighted by molar-refractivity contribution is 5.95. The Morgan fingerprint density at radius 3 is 2.60 bits per heavy atom. The minimum atomic E-state index is -0.239. The lowest BCUT2D eigenvalue weighted by Crippen LogP contribution is -2.27. The lowest BCUT2D eigenvalue weighted by molar-refractivity contribution is 0.0946. The van der Waals surface area contributed by atoms with E-state index in [2.05, 4.69) is 25.5 Å². The summed E-state index contributed by atoms with van der Waals surface area (Å²) in [4.78, 5) is 33.8. The Morgan fingerprint density at radius 1 is 1.16 bits per heavy atom. The summed E-state index contributed by atoms with van der Waals surface area (Å²) in [5.41, 5.74) is 1.63. The fourth-order valence-electron chi connectivity index (χ4n) is 2.16. The molecule has 1 amide bonds. The summed E-state index contributed by atoms with van der Waals surface area (Å²) >= 11 is 0. The summed E-state index contributed by atoms with van der Waals surface area (Å²) in [7, 11) is 3.98. The number of hydrogen-bond acceptors (Lipinski definition) is 6. The summed E-state index contributed by atoms with van der Waals surface area (Å²) in [5.74, 6) is 0.261. The fourth-order valence-corrected chi connectivity index (χ4v) is 2.16. The maximum Gasteiger partial charge on any atom is 0.271 e. The number of ketones is 1. The van der Waals surface area contributed by atoms with Crippen molar-refractivity contribution < 1.29 is 9.59 Å². The maximum atomic E-state index is 12.0. The quantitative estimate of drug-likeness (QED) is 0.565. The third-order valence-corrected chi connectivity index (χ3v) is 3.49. The van der Waals surface area contributed by atoms with Gasteiger partial charge < -0.3 is 15.5 Å². The molecule has 0 unspecified atom stereocenters. The highest BCUT2D eigenvalue weighted by atomic mass is 16.1. The number of nitrogens with one attached hydrogen (secondary N) is 2. The van der Waals surface area contributed by atoms with E-state index in [1.165, 1.54) is 19.3 Å². The van der Waals surface area contributed by atoms with Gasteiger partial charge in [0.05, 0.1) is 12.4 Å². The molecule has 0 aliphatic heterocycles. The highest BCUT2D eigenvalue weighted by Crippen LogP contribution is 2.15. The van der Waals surface area contributed by atoms with Crippen molar-refractivity contribution in [1.29, 1.82) is 0 Å². The average Bonchev–Trinajstić information content (AvgIpc) is 2.59. The van der Waals surface area contributed by atoms with Crippen molar-refractivity contribution in [3.8, 4) is 0 Å². The number of hydrogen-bond donors (Lipinski definition) is 2. The number of nitrogens with zero attached hydrogens (tertiary/aromatic N) is 3. The predicted molar refractivity (Wildman–Crippen MR) is 97.3 cm³/mol. The number of amides is 1. The summed E-state index contributed by atoms with van der Waals surface area (Å²) in [6.07, 6.45) is 3.80. The van der Waals surface area contributed by atoms with Gasteiger partial charge in [0, 0.05) is 17.8 Å². The van der Waals surface area contributed by atoms with Crippen LogP contribution in [0.25, 0.3) is 0 Å². The van der Waals surface area contributed by atoms with Crippen LogP contribution in [0.1, 0.15) is 34.2 Å². The van der Waals surface area contributed by atoms with Crippen LogP contribution < -0.4 is 10.6 Å². The van der Waals surface area contributed by atoms with Crippen LogP contribution >= 0.6 is 0 Å². The minimum absolute atomic E-state index is 0.00369. The zero-order chi connectivity index (χ0) is 18.2. The van der Waals surface area contributed by atoms with Gasteiger partial charge in [-0.1, -0.05) is 12.1 Å². The van der Waals surface area contributed by atoms with E-state index in [9.17, 15) is 9.59 Å². The van der Waals surface area contributed by atoms with Gasteiger partial charge in [-0.15, -0.1) is 0 Å². The standard InChI is InChI=1S/C18H23N5O2/c1-13(24)14-6-4-7-15(10-14)22-17-12-20-16(11-21-17)18(25)19-8-5-9-23(2)3/h4,6-7,10-12H,5,8-9H2,1-3H3,(H,19,25)(H,21,22). The molecule has 0 saturated heterocycles. The molecular formula is C18H23N5O2. The first-order valence-corrected chi connectivity index (χ1v) is 8.08. The molecule has 2 aromatic rings. The topological polar surface area (TPSA) is 87.2 Å². The van der Waals surface area contributed by atoms with Crippen LogP contribution in [-0.2, 0) is 0 Å². The summed E-state index contributed by atoms with van der Waals surface area (Å²) < 4.78 is 0. The molecule has 7 heteroatoms. The van der Waals surface area contributed by atoms with E-state index in [-0.39, 0.29) is 17.4 Å². The van der Waals surface area contributed by atoms with Gasteiger partial charge in [0.25, 0.3) is 5.91 Å². The zero-order valence-electron chi connectivity index (χ0n) is 14.7. The van der Waals surface area contributed by atoms with Crippen LogP contribution in [0.3, 0.4) is 0 Å². The van der Waals surface area contributed by atoms with Gasteiger partial charge in [-0.05, 0) is 46.1 Å². The van der Waals surface area contributed by atoms with Crippen LogP contribution in [0.4, 0.5) is 11.5 Å². The second kappa shape index (κ2) is 8.89. The second-order valence-electron chi connectivity index (χ2n) is 5.96. The van der Waals surface area contributed by atoms with E-state index >= 15 is 0 Å². The van der Waals surface area contributed by atoms with Gasteiger partial charge in [-0.2, -0.15) is 0 Å². The first-order chi connectivity index (χ1) is 12.0. The minimum Gasteiger partial charge on any atom is -0.351 e. The average molecular weight is 341 g/mol. The maximum absolute atomic E-state index is 12.0. The van der Waals surface area contributed by atoms with Crippen molar-refractivity contribution >= 4 is 23.2 Å². The van der Waals surface area contributed by atoms with Crippen molar-refractivity contribution in [3.05, 3.63) is 47.9 Å². The van der Waals surface area contributed by atoms with Gasteiger partial charge in [0.15, 0.2) is 5.78 Å². The van der Waals surface area contributed by atoms with E-state index in [1.807, 2.05) is 20.2 Å². The molecule has 1 aromatic carbocycles. The van der Waals surface area contributed by atoms with Crippen molar-refractivity contribution in [2.24, 2.45) is 0 Å². The Morgan fingerprint density at radius 2 is 1.96 bits per heavy atom. The van der Waals surface area contributed by atoms with E-state index in [0.29, 0.717) is 17.9 Å². The SMILES string of the molecule is CC(=O)c1cccc(Nc2cnc(C(=O)NCCCN(C)C)cn2)c1. The van der Waals surface area contributed by atoms with E-state index in [4.69, 9.17) is 0 Å². The molecule has 2 rings (SSSR count). The van der Waals surface area contributed by atoms with E-state index < -0.39 is 0 Å². The number of benzene rings is 1. The monoisotopic (exact) mass is 341 g/mol. The zero-order valence-corrected chi connectivity index (χ0v) is 14.7. The first-order valence-electron chi connectivity index (χ1n) is 8.08. The molecule has 0 aliphatic rings. The van der Waals surface area contributed by atoms with Crippen LogP contribution in [0.15, 0.2) is 36.7 Å². The molecule has 0 fully saturated rings. The fraction of sp³-hybridized carbons (Fsp3) is 0.333. The molecule has 132 valence electrons. The van der Waals surface area contributed by atoms with Crippen LogP contribution in [0.2, 0.25) is 0 Å². The molecule has 0 bridgehead atoms. The number of aromatic nitrogens is 2. The summed E-state index contributed by atoms with van der Waals surface area (Å²) in [5, 5.41) is 5.88.